The van der Waals surface area contributed by atoms with E-state index in [-0.39, 0.29) is 69.4 Å². The first-order valence-corrected chi connectivity index (χ1v) is 11.8. The average molecular weight is 521 g/mol. The Morgan fingerprint density at radius 1 is 0.919 bits per heavy atom. The molecular weight excluding hydrogens is 484 g/mol. The molecule has 0 spiro atoms. The van der Waals surface area contributed by atoms with Crippen molar-refractivity contribution in [1.29, 1.82) is 0 Å². The minimum absolute atomic E-state index is 0.00799. The molecule has 0 aliphatic carbocycles. The molecule has 204 valence electrons. The number of carboxylic acids is 1. The molecule has 1 unspecified atom stereocenters. The van der Waals surface area contributed by atoms with Crippen molar-refractivity contribution < 1.29 is 47.9 Å². The van der Waals surface area contributed by atoms with E-state index >= 15 is 0 Å². The summed E-state index contributed by atoms with van der Waals surface area (Å²) in [5, 5.41) is 8.81. The van der Waals surface area contributed by atoms with Crippen LogP contribution in [0, 0.1) is 0 Å². The Kier molecular flexibility index (Phi) is 16.0. The lowest BCUT2D eigenvalue weighted by Crippen LogP contribution is -2.29. The van der Waals surface area contributed by atoms with Gasteiger partial charge < -0.3 is 33.5 Å². The lowest BCUT2D eigenvalue weighted by Gasteiger charge is -2.19. The average Bonchev–Trinajstić information content (AvgIpc) is 2.90. The van der Waals surface area contributed by atoms with Gasteiger partial charge in [0.15, 0.2) is 0 Å². The SMILES string of the molecule is C=C(CC=C(C)C(=O)O)C(=O)OCCOCCOC(COCC)C(=C)C(=O)OCCOc1ccccc1. The van der Waals surface area contributed by atoms with Gasteiger partial charge in [-0.25, -0.2) is 14.4 Å². The molecule has 1 aromatic carbocycles. The highest BCUT2D eigenvalue weighted by molar-refractivity contribution is 5.89. The summed E-state index contributed by atoms with van der Waals surface area (Å²) < 4.78 is 32.2. The van der Waals surface area contributed by atoms with Crippen LogP contribution in [-0.2, 0) is 38.1 Å². The number of rotatable bonds is 20. The van der Waals surface area contributed by atoms with Gasteiger partial charge in [-0.2, -0.15) is 0 Å². The third-order valence-electron chi connectivity index (χ3n) is 4.74. The van der Waals surface area contributed by atoms with Gasteiger partial charge in [-0.3, -0.25) is 0 Å². The first-order chi connectivity index (χ1) is 17.8. The van der Waals surface area contributed by atoms with Crippen molar-refractivity contribution in [3.05, 3.63) is 66.3 Å². The fourth-order valence-corrected chi connectivity index (χ4v) is 2.60. The highest BCUT2D eigenvalue weighted by Gasteiger charge is 2.21. The number of carbonyl (C=O) groups excluding carboxylic acids is 2. The molecule has 0 aromatic heterocycles. The first-order valence-electron chi connectivity index (χ1n) is 11.8. The standard InChI is InChI=1S/C27H36O10/c1-5-32-19-24(22(4)27(31)37-18-17-34-23-9-7-6-8-10-23)35-15-13-33-14-16-36-26(30)21(3)12-11-20(2)25(28)29/h6-11,24H,3-5,12-19H2,1-2H3,(H,28,29). The number of carbonyl (C=O) groups is 3. The van der Waals surface area contributed by atoms with Crippen molar-refractivity contribution in [2.45, 2.75) is 26.4 Å². The van der Waals surface area contributed by atoms with Crippen LogP contribution in [0.3, 0.4) is 0 Å². The minimum Gasteiger partial charge on any atom is -0.490 e. The summed E-state index contributed by atoms with van der Waals surface area (Å²) in [7, 11) is 0. The van der Waals surface area contributed by atoms with Crippen LogP contribution in [0.25, 0.3) is 0 Å². The first kappa shape index (κ1) is 31.6. The molecule has 0 heterocycles. The van der Waals surface area contributed by atoms with Crippen LogP contribution in [0.5, 0.6) is 5.75 Å². The molecule has 0 bridgehead atoms. The highest BCUT2D eigenvalue weighted by Crippen LogP contribution is 2.10. The Bertz CT molecular complexity index is 907. The number of ether oxygens (including phenoxy) is 6. The second-order valence-corrected chi connectivity index (χ2v) is 7.59. The number of aliphatic carboxylic acids is 1. The Hall–Kier alpha value is -3.47. The predicted octanol–water partition coefficient (Wildman–Crippen LogP) is 3.12. The second-order valence-electron chi connectivity index (χ2n) is 7.59. The van der Waals surface area contributed by atoms with Crippen molar-refractivity contribution in [2.75, 3.05) is 52.9 Å². The summed E-state index contributed by atoms with van der Waals surface area (Å²) in [5.41, 5.74) is 0.375. The number of allylic oxidation sites excluding steroid dienone is 1. The van der Waals surface area contributed by atoms with Crippen LogP contribution >= 0.6 is 0 Å². The zero-order chi connectivity index (χ0) is 27.5. The van der Waals surface area contributed by atoms with E-state index in [2.05, 4.69) is 13.2 Å². The fourth-order valence-electron chi connectivity index (χ4n) is 2.60. The van der Waals surface area contributed by atoms with Crippen molar-refractivity contribution in [3.63, 3.8) is 0 Å². The molecule has 1 aromatic rings. The number of para-hydroxylation sites is 1. The summed E-state index contributed by atoms with van der Waals surface area (Å²) in [6, 6.07) is 9.18. The van der Waals surface area contributed by atoms with Gasteiger partial charge in [-0.15, -0.1) is 0 Å². The highest BCUT2D eigenvalue weighted by atomic mass is 16.6. The summed E-state index contributed by atoms with van der Waals surface area (Å²) in [6.45, 7) is 11.9. The van der Waals surface area contributed by atoms with Gasteiger partial charge >= 0.3 is 17.9 Å². The van der Waals surface area contributed by atoms with E-state index in [0.717, 1.165) is 0 Å². The van der Waals surface area contributed by atoms with Gasteiger partial charge in [-0.05, 0) is 32.4 Å². The molecule has 0 aliphatic rings. The summed E-state index contributed by atoms with van der Waals surface area (Å²) >= 11 is 0. The number of carboxylic acid groups (broad SMARTS) is 1. The minimum atomic E-state index is -1.06. The van der Waals surface area contributed by atoms with Crippen molar-refractivity contribution in [2.24, 2.45) is 0 Å². The largest absolute Gasteiger partial charge is 0.490 e. The van der Waals surface area contributed by atoms with Gasteiger partial charge in [0.05, 0.1) is 32.0 Å². The molecule has 10 heteroatoms. The van der Waals surface area contributed by atoms with Crippen LogP contribution in [0.2, 0.25) is 0 Å². The van der Waals surface area contributed by atoms with Crippen LogP contribution in [0.15, 0.2) is 66.3 Å². The van der Waals surface area contributed by atoms with E-state index in [9.17, 15) is 14.4 Å². The van der Waals surface area contributed by atoms with E-state index in [1.54, 1.807) is 12.1 Å². The normalized spacial score (nSPS) is 11.9. The van der Waals surface area contributed by atoms with E-state index in [1.807, 2.05) is 25.1 Å². The maximum Gasteiger partial charge on any atom is 0.336 e. The molecule has 10 nitrogen and oxygen atoms in total. The molecule has 0 saturated heterocycles. The molecular formula is C27H36O10. The van der Waals surface area contributed by atoms with Crippen LogP contribution < -0.4 is 4.74 Å². The molecule has 0 radical (unpaired) electrons. The van der Waals surface area contributed by atoms with Crippen molar-refractivity contribution >= 4 is 17.9 Å². The van der Waals surface area contributed by atoms with Crippen LogP contribution in [-0.4, -0.2) is 82.0 Å². The molecule has 1 N–H and O–H groups in total. The van der Waals surface area contributed by atoms with Gasteiger partial charge in [-0.1, -0.05) is 37.4 Å². The molecule has 0 aliphatic heterocycles. The number of esters is 2. The summed E-state index contributed by atoms with van der Waals surface area (Å²) in [4.78, 5) is 35.0. The third kappa shape index (κ3) is 14.0. The molecule has 0 saturated carbocycles. The van der Waals surface area contributed by atoms with Crippen LogP contribution in [0.4, 0.5) is 0 Å². The number of hydrogen-bond donors (Lipinski definition) is 1. The molecule has 0 amide bonds. The van der Waals surface area contributed by atoms with Gasteiger partial charge in [0.1, 0.15) is 31.7 Å². The van der Waals surface area contributed by atoms with Gasteiger partial charge in [0, 0.05) is 17.8 Å². The molecule has 1 atom stereocenters. The Balaban J connectivity index is 2.27. The topological polar surface area (TPSA) is 127 Å². The summed E-state index contributed by atoms with van der Waals surface area (Å²) in [6.07, 6.45) is 0.759. The van der Waals surface area contributed by atoms with Crippen molar-refractivity contribution in [1.82, 2.24) is 0 Å². The Morgan fingerprint density at radius 3 is 2.24 bits per heavy atom. The smallest absolute Gasteiger partial charge is 0.336 e. The van der Waals surface area contributed by atoms with Gasteiger partial charge in [0.2, 0.25) is 0 Å². The number of benzene rings is 1. The zero-order valence-corrected chi connectivity index (χ0v) is 21.4. The molecule has 1 rings (SSSR count). The predicted molar refractivity (Wildman–Crippen MR) is 135 cm³/mol. The maximum atomic E-state index is 12.3. The lowest BCUT2D eigenvalue weighted by atomic mass is 10.1. The van der Waals surface area contributed by atoms with E-state index in [1.165, 1.54) is 13.0 Å². The van der Waals surface area contributed by atoms with E-state index in [0.29, 0.717) is 12.4 Å². The number of hydrogen-bond acceptors (Lipinski definition) is 9. The van der Waals surface area contributed by atoms with Crippen molar-refractivity contribution in [3.8, 4) is 5.75 Å². The Morgan fingerprint density at radius 2 is 1.57 bits per heavy atom. The van der Waals surface area contributed by atoms with E-state index in [4.69, 9.17) is 33.5 Å². The molecule has 37 heavy (non-hydrogen) atoms. The van der Waals surface area contributed by atoms with Crippen LogP contribution in [0.1, 0.15) is 20.3 Å². The zero-order valence-electron chi connectivity index (χ0n) is 21.4. The lowest BCUT2D eigenvalue weighted by molar-refractivity contribution is -0.142. The summed E-state index contributed by atoms with van der Waals surface area (Å²) in [5.74, 6) is -1.62. The third-order valence-corrected chi connectivity index (χ3v) is 4.74. The Labute approximate surface area is 217 Å². The maximum absolute atomic E-state index is 12.3. The second kappa shape index (κ2) is 18.8. The quantitative estimate of drug-likeness (QED) is 0.156. The fraction of sp³-hybridized carbons (Fsp3) is 0.444. The monoisotopic (exact) mass is 520 g/mol. The van der Waals surface area contributed by atoms with Gasteiger partial charge in [0.25, 0.3) is 0 Å². The van der Waals surface area contributed by atoms with E-state index < -0.39 is 24.0 Å². The molecule has 0 fully saturated rings.